The van der Waals surface area contributed by atoms with Crippen molar-refractivity contribution in [3.8, 4) is 0 Å². The predicted octanol–water partition coefficient (Wildman–Crippen LogP) is 1.93. The van der Waals surface area contributed by atoms with E-state index in [9.17, 15) is 0 Å². The summed E-state index contributed by atoms with van der Waals surface area (Å²) >= 11 is 0. The highest BCUT2D eigenvalue weighted by atomic mass is 15.4. The zero-order valence-corrected chi connectivity index (χ0v) is 14.3. The molecule has 3 heterocycles. The van der Waals surface area contributed by atoms with Gasteiger partial charge < -0.3 is 14.4 Å². The highest BCUT2D eigenvalue weighted by molar-refractivity contribution is 5.40. The van der Waals surface area contributed by atoms with Crippen molar-refractivity contribution in [2.75, 3.05) is 30.4 Å². The molecule has 0 N–H and O–H groups in total. The largest absolute Gasteiger partial charge is 0.347 e. The molecule has 0 aliphatic carbocycles. The SMILES string of the molecule is CC(C)c1nc(N(C)C)nc(N2CCCC2Cn2ccnc2)n1. The molecule has 0 amide bonds. The fourth-order valence-electron chi connectivity index (χ4n) is 2.88. The second kappa shape index (κ2) is 6.52. The van der Waals surface area contributed by atoms with Gasteiger partial charge in [-0.05, 0) is 12.8 Å². The normalized spacial score (nSPS) is 18.0. The summed E-state index contributed by atoms with van der Waals surface area (Å²) in [5.41, 5.74) is 0. The van der Waals surface area contributed by atoms with Crippen LogP contribution in [0, 0.1) is 0 Å². The van der Waals surface area contributed by atoms with Crippen LogP contribution in [0.5, 0.6) is 0 Å². The molecule has 0 saturated carbocycles. The molecule has 7 nitrogen and oxygen atoms in total. The van der Waals surface area contributed by atoms with Crippen molar-refractivity contribution in [2.45, 2.75) is 45.2 Å². The Kier molecular flexibility index (Phi) is 4.45. The first-order valence-electron chi connectivity index (χ1n) is 8.20. The first-order valence-corrected chi connectivity index (χ1v) is 8.20. The van der Waals surface area contributed by atoms with Gasteiger partial charge in [0.2, 0.25) is 11.9 Å². The van der Waals surface area contributed by atoms with E-state index in [4.69, 9.17) is 4.98 Å². The number of anilines is 2. The fraction of sp³-hybridized carbons (Fsp3) is 0.625. The molecule has 1 aliphatic heterocycles. The highest BCUT2D eigenvalue weighted by Crippen LogP contribution is 2.26. The number of nitrogens with zero attached hydrogens (tertiary/aromatic N) is 7. The maximum atomic E-state index is 4.73. The van der Waals surface area contributed by atoms with Crippen molar-refractivity contribution in [2.24, 2.45) is 0 Å². The van der Waals surface area contributed by atoms with Crippen LogP contribution in [0.15, 0.2) is 18.7 Å². The smallest absolute Gasteiger partial charge is 0.230 e. The summed E-state index contributed by atoms with van der Waals surface area (Å²) in [4.78, 5) is 22.4. The van der Waals surface area contributed by atoms with Crippen molar-refractivity contribution < 1.29 is 0 Å². The number of rotatable bonds is 5. The molecule has 1 fully saturated rings. The van der Waals surface area contributed by atoms with E-state index >= 15 is 0 Å². The topological polar surface area (TPSA) is 63.0 Å². The monoisotopic (exact) mass is 315 g/mol. The molecule has 0 bridgehead atoms. The van der Waals surface area contributed by atoms with Gasteiger partial charge in [-0.3, -0.25) is 0 Å². The van der Waals surface area contributed by atoms with Gasteiger partial charge in [0.25, 0.3) is 0 Å². The number of imidazole rings is 1. The van der Waals surface area contributed by atoms with Crippen LogP contribution in [0.25, 0.3) is 0 Å². The summed E-state index contributed by atoms with van der Waals surface area (Å²) in [6.07, 6.45) is 8.02. The molecule has 7 heteroatoms. The van der Waals surface area contributed by atoms with Gasteiger partial charge in [-0.1, -0.05) is 13.8 Å². The molecule has 0 radical (unpaired) electrons. The lowest BCUT2D eigenvalue weighted by atomic mass is 10.2. The van der Waals surface area contributed by atoms with Gasteiger partial charge in [-0.25, -0.2) is 4.98 Å². The fourth-order valence-corrected chi connectivity index (χ4v) is 2.88. The molecule has 124 valence electrons. The molecule has 1 unspecified atom stereocenters. The minimum Gasteiger partial charge on any atom is -0.347 e. The van der Waals surface area contributed by atoms with E-state index in [0.717, 1.165) is 37.2 Å². The van der Waals surface area contributed by atoms with E-state index < -0.39 is 0 Å². The first kappa shape index (κ1) is 15.7. The van der Waals surface area contributed by atoms with E-state index in [2.05, 4.69) is 38.3 Å². The van der Waals surface area contributed by atoms with Crippen molar-refractivity contribution in [3.63, 3.8) is 0 Å². The van der Waals surface area contributed by atoms with Crippen LogP contribution in [-0.4, -0.2) is 51.2 Å². The lowest BCUT2D eigenvalue weighted by Crippen LogP contribution is -2.35. The van der Waals surface area contributed by atoms with Crippen LogP contribution in [0.1, 0.15) is 38.4 Å². The zero-order chi connectivity index (χ0) is 16.4. The lowest BCUT2D eigenvalue weighted by molar-refractivity contribution is 0.542. The Morgan fingerprint density at radius 3 is 2.74 bits per heavy atom. The third kappa shape index (κ3) is 3.43. The Bertz CT molecular complexity index is 610. The van der Waals surface area contributed by atoms with Crippen LogP contribution in [0.4, 0.5) is 11.9 Å². The Morgan fingerprint density at radius 2 is 2.09 bits per heavy atom. The standard InChI is InChI=1S/C16H25N7/c1-12(2)14-18-15(21(3)4)20-16(19-14)23-8-5-6-13(23)10-22-9-7-17-11-22/h7,9,11-13H,5-6,8,10H2,1-4H3. The Morgan fingerprint density at radius 1 is 1.26 bits per heavy atom. The first-order chi connectivity index (χ1) is 11.0. The third-order valence-corrected chi connectivity index (χ3v) is 4.16. The molecule has 1 aliphatic rings. The van der Waals surface area contributed by atoms with Gasteiger partial charge in [-0.2, -0.15) is 15.0 Å². The van der Waals surface area contributed by atoms with Crippen LogP contribution in [-0.2, 0) is 6.54 Å². The molecule has 1 saturated heterocycles. The maximum Gasteiger partial charge on any atom is 0.230 e. The van der Waals surface area contributed by atoms with Gasteiger partial charge in [0.15, 0.2) is 0 Å². The van der Waals surface area contributed by atoms with E-state index in [0.29, 0.717) is 6.04 Å². The average Bonchev–Trinajstić information content (AvgIpc) is 3.19. The van der Waals surface area contributed by atoms with Gasteiger partial charge in [-0.15, -0.1) is 0 Å². The third-order valence-electron chi connectivity index (χ3n) is 4.16. The van der Waals surface area contributed by atoms with Crippen molar-refractivity contribution in [1.82, 2.24) is 24.5 Å². The van der Waals surface area contributed by atoms with E-state index in [1.807, 2.05) is 37.7 Å². The minimum absolute atomic E-state index is 0.283. The number of aromatic nitrogens is 5. The number of hydrogen-bond donors (Lipinski definition) is 0. The van der Waals surface area contributed by atoms with Gasteiger partial charge in [0, 0.05) is 51.5 Å². The second-order valence-corrected chi connectivity index (χ2v) is 6.59. The van der Waals surface area contributed by atoms with Crippen LogP contribution >= 0.6 is 0 Å². The average molecular weight is 315 g/mol. The molecule has 3 rings (SSSR count). The molecule has 0 aromatic carbocycles. The second-order valence-electron chi connectivity index (χ2n) is 6.59. The molecule has 23 heavy (non-hydrogen) atoms. The molecular formula is C16H25N7. The van der Waals surface area contributed by atoms with E-state index in [1.165, 1.54) is 6.42 Å². The number of hydrogen-bond acceptors (Lipinski definition) is 6. The maximum absolute atomic E-state index is 4.73. The van der Waals surface area contributed by atoms with Crippen LogP contribution in [0.2, 0.25) is 0 Å². The summed E-state index contributed by atoms with van der Waals surface area (Å²) in [6.45, 7) is 6.14. The molecule has 2 aromatic heterocycles. The van der Waals surface area contributed by atoms with Gasteiger partial charge in [0.05, 0.1) is 6.33 Å². The van der Waals surface area contributed by atoms with Crippen molar-refractivity contribution in [3.05, 3.63) is 24.5 Å². The summed E-state index contributed by atoms with van der Waals surface area (Å²) in [6, 6.07) is 0.404. The van der Waals surface area contributed by atoms with Crippen molar-refractivity contribution in [1.29, 1.82) is 0 Å². The molecule has 1 atom stereocenters. The van der Waals surface area contributed by atoms with E-state index in [-0.39, 0.29) is 5.92 Å². The summed E-state index contributed by atoms with van der Waals surface area (Å²) in [7, 11) is 3.94. The Labute approximate surface area is 137 Å². The van der Waals surface area contributed by atoms with Gasteiger partial charge >= 0.3 is 0 Å². The summed E-state index contributed by atoms with van der Waals surface area (Å²) in [5.74, 6) is 2.67. The Balaban J connectivity index is 1.89. The Hall–Kier alpha value is -2.18. The van der Waals surface area contributed by atoms with Crippen molar-refractivity contribution >= 4 is 11.9 Å². The highest BCUT2D eigenvalue weighted by Gasteiger charge is 2.28. The summed E-state index contributed by atoms with van der Waals surface area (Å²) < 4.78 is 2.13. The molecule has 0 spiro atoms. The summed E-state index contributed by atoms with van der Waals surface area (Å²) in [5, 5.41) is 0. The van der Waals surface area contributed by atoms with Crippen LogP contribution in [0.3, 0.4) is 0 Å². The van der Waals surface area contributed by atoms with E-state index in [1.54, 1.807) is 0 Å². The van der Waals surface area contributed by atoms with Crippen LogP contribution < -0.4 is 9.80 Å². The predicted molar refractivity (Wildman–Crippen MR) is 90.8 cm³/mol. The molecular weight excluding hydrogens is 290 g/mol. The lowest BCUT2D eigenvalue weighted by Gasteiger charge is -2.26. The minimum atomic E-state index is 0.283. The molecule has 2 aromatic rings. The quantitative estimate of drug-likeness (QED) is 0.840. The zero-order valence-electron chi connectivity index (χ0n) is 14.3. The van der Waals surface area contributed by atoms with Gasteiger partial charge in [0.1, 0.15) is 5.82 Å².